The van der Waals surface area contributed by atoms with E-state index < -0.39 is 33.6 Å². The molecule has 0 amide bonds. The molecule has 10 heteroatoms. The summed E-state index contributed by atoms with van der Waals surface area (Å²) in [7, 11) is 0. The standard InChI is InChI=1S/2C3H3N2.4CO.2Ir/c2*1-2-4-5-3-1;4*1-2;;/h2*1-3H;;;;;;/q2*-1;;;;;;. The minimum absolute atomic E-state index is 1.08. The molecule has 2 heterocycles. The average molecular weight is 631 g/mol. The summed E-state index contributed by atoms with van der Waals surface area (Å²) in [6.07, 6.45) is 6.56. The van der Waals surface area contributed by atoms with E-state index in [0.29, 0.717) is 0 Å². The smallest absolute Gasteiger partial charge is 0.00194 e. The van der Waals surface area contributed by atoms with E-state index in [4.69, 9.17) is 19.2 Å². The van der Waals surface area contributed by atoms with Crippen molar-refractivity contribution in [1.29, 1.82) is 0 Å². The Morgan fingerprint density at radius 1 is 0.700 bits per heavy atom. The van der Waals surface area contributed by atoms with Crippen LogP contribution in [0.5, 0.6) is 0 Å². The summed E-state index contributed by atoms with van der Waals surface area (Å²) < 4.78 is 5.88. The molecule has 0 unspecified atom stereocenters. The van der Waals surface area contributed by atoms with Gasteiger partial charge in [0.2, 0.25) is 0 Å². The van der Waals surface area contributed by atoms with Crippen LogP contribution >= 0.6 is 0 Å². The van der Waals surface area contributed by atoms with Gasteiger partial charge in [-0.2, -0.15) is 12.4 Å². The molecule has 2 aromatic rings. The van der Waals surface area contributed by atoms with Crippen molar-refractivity contribution >= 4 is 17.6 Å². The van der Waals surface area contributed by atoms with Crippen molar-refractivity contribution in [2.45, 2.75) is 0 Å². The van der Waals surface area contributed by atoms with Crippen LogP contribution in [0.2, 0.25) is 0 Å². The Balaban J connectivity index is 0. The van der Waals surface area contributed by atoms with Crippen molar-refractivity contribution in [3.63, 3.8) is 0 Å². The second kappa shape index (κ2) is 22.2. The van der Waals surface area contributed by atoms with Crippen LogP contribution in [0.1, 0.15) is 0 Å². The van der Waals surface area contributed by atoms with Crippen molar-refractivity contribution in [3.05, 3.63) is 36.9 Å². The van der Waals surface area contributed by atoms with E-state index in [9.17, 15) is 0 Å². The fourth-order valence-corrected chi connectivity index (χ4v) is 0.612. The Morgan fingerprint density at radius 2 is 1.05 bits per heavy atom. The van der Waals surface area contributed by atoms with Crippen LogP contribution in [0.25, 0.3) is 0 Å². The summed E-state index contributed by atoms with van der Waals surface area (Å²) >= 11 is -2.17. The minimum atomic E-state index is -1.08. The number of nitrogens with zero attached hydrogens (tertiary/aromatic N) is 4. The molecule has 0 bridgehead atoms. The molecule has 0 spiro atoms. The van der Waals surface area contributed by atoms with Gasteiger partial charge in [0, 0.05) is 12.4 Å². The first-order chi connectivity index (χ1) is 9.83. The summed E-state index contributed by atoms with van der Waals surface area (Å²) in [5, 5.41) is 13.9. The van der Waals surface area contributed by atoms with Gasteiger partial charge in [0.05, 0.1) is 0 Å². The zero-order valence-corrected chi connectivity index (χ0v) is 14.3. The molecule has 20 heavy (non-hydrogen) atoms. The van der Waals surface area contributed by atoms with E-state index >= 15 is 0 Å². The number of carbonyl (C=O) groups excluding carboxylic acids is 4. The third-order valence-corrected chi connectivity index (χ3v) is 1.86. The van der Waals surface area contributed by atoms with Crippen molar-refractivity contribution in [1.82, 2.24) is 20.4 Å². The van der Waals surface area contributed by atoms with E-state index in [-0.39, 0.29) is 0 Å². The van der Waals surface area contributed by atoms with Crippen LogP contribution in [-0.2, 0) is 52.7 Å². The molecule has 0 radical (unpaired) electrons. The van der Waals surface area contributed by atoms with Crippen LogP contribution in [0.3, 0.4) is 0 Å². The normalized spacial score (nSPS) is 6.40. The van der Waals surface area contributed by atoms with Gasteiger partial charge in [-0.15, -0.1) is 0 Å². The van der Waals surface area contributed by atoms with Crippen molar-refractivity contribution < 1.29 is 52.7 Å². The van der Waals surface area contributed by atoms with Crippen LogP contribution in [0.4, 0.5) is 0 Å². The second-order valence-corrected chi connectivity index (χ2v) is 5.04. The first-order valence-corrected chi connectivity index (χ1v) is 9.04. The number of hydrogen-bond donors (Lipinski definition) is 0. The Hall–Kier alpha value is -1.96. The summed E-state index contributed by atoms with van der Waals surface area (Å²) in [6.45, 7) is 0. The molecule has 0 aromatic carbocycles. The Bertz CT molecular complexity index is 506. The number of aromatic nitrogens is 4. The zero-order chi connectivity index (χ0) is 15.3. The van der Waals surface area contributed by atoms with Gasteiger partial charge >= 0.3 is 70.3 Å². The zero-order valence-electron chi connectivity index (χ0n) is 9.55. The van der Waals surface area contributed by atoms with Gasteiger partial charge in [-0.3, -0.25) is 0 Å². The molecule has 0 aliphatic rings. The molecule has 2 rings (SSSR count). The number of hydrogen-bond acceptors (Lipinski definition) is 6. The van der Waals surface area contributed by atoms with E-state index in [0.717, 1.165) is 0 Å². The molecule has 0 saturated heterocycles. The monoisotopic (exact) mass is 632 g/mol. The first-order valence-electron chi connectivity index (χ1n) is 4.25. The second-order valence-electron chi connectivity index (χ2n) is 1.88. The molecule has 0 fully saturated rings. The third-order valence-electron chi connectivity index (χ3n) is 0.880. The summed E-state index contributed by atoms with van der Waals surface area (Å²) in [5.41, 5.74) is 0. The molecule has 0 aliphatic heterocycles. The van der Waals surface area contributed by atoms with Crippen LogP contribution in [0.15, 0.2) is 36.9 Å². The molecule has 0 N–H and O–H groups in total. The SMILES string of the molecule is O=[C]=[Ir]=[C]=O.O=[C]=[Ir]=[C]=O.c1cn[n-]c1.c1cn[n-]c1. The molecular weight excluding hydrogens is 625 g/mol. The van der Waals surface area contributed by atoms with Gasteiger partial charge in [0.25, 0.3) is 0 Å². The molecule has 110 valence electrons. The first kappa shape index (κ1) is 20.4. The van der Waals surface area contributed by atoms with Crippen molar-refractivity contribution in [2.24, 2.45) is 0 Å². The summed E-state index contributed by atoms with van der Waals surface area (Å²) in [6, 6.07) is 3.56. The largest absolute Gasteiger partial charge is 0.582 e. The Morgan fingerprint density at radius 3 is 1.10 bits per heavy atom. The maximum Gasteiger partial charge on any atom is 0.00194 e. The van der Waals surface area contributed by atoms with Crippen molar-refractivity contribution in [3.8, 4) is 0 Å². The Kier molecular flexibility index (Phi) is 22.6. The molecule has 0 saturated carbocycles. The minimum Gasteiger partial charge on any atom is -0.582 e. The van der Waals surface area contributed by atoms with Gasteiger partial charge in [-0.05, 0) is 0 Å². The maximum atomic E-state index is 9.07. The predicted molar refractivity (Wildman–Crippen MR) is 57.9 cm³/mol. The third kappa shape index (κ3) is 25.0. The van der Waals surface area contributed by atoms with Gasteiger partial charge in [-0.25, -0.2) is 0 Å². The number of rotatable bonds is 0. The Labute approximate surface area is 127 Å². The van der Waals surface area contributed by atoms with Gasteiger partial charge < -0.3 is 20.4 Å². The fourth-order valence-electron chi connectivity index (χ4n) is 0.413. The molecule has 0 aliphatic carbocycles. The van der Waals surface area contributed by atoms with Gasteiger partial charge in [0.15, 0.2) is 0 Å². The van der Waals surface area contributed by atoms with Gasteiger partial charge in [0.1, 0.15) is 0 Å². The summed E-state index contributed by atoms with van der Waals surface area (Å²) in [4.78, 5) is 36.3. The van der Waals surface area contributed by atoms with Crippen LogP contribution in [0, 0.1) is 0 Å². The molecule has 2 aromatic heterocycles. The van der Waals surface area contributed by atoms with Crippen LogP contribution in [-0.4, -0.2) is 27.8 Å². The average Bonchev–Trinajstić information content (AvgIpc) is 3.20. The molecular formula is C10H6Ir2N4O4-2. The quantitative estimate of drug-likeness (QED) is 0.345. The molecule has 0 atom stereocenters. The van der Waals surface area contributed by atoms with Crippen LogP contribution < -0.4 is 10.2 Å². The topological polar surface area (TPSA) is 122 Å². The summed E-state index contributed by atoms with van der Waals surface area (Å²) in [5.74, 6) is 0. The van der Waals surface area contributed by atoms with E-state index in [1.807, 2.05) is 0 Å². The van der Waals surface area contributed by atoms with Crippen molar-refractivity contribution in [2.75, 3.05) is 0 Å². The fraction of sp³-hybridized carbons (Fsp3) is 0. The predicted octanol–water partition coefficient (Wildman–Crippen LogP) is -1.52. The molecule has 8 nitrogen and oxygen atoms in total. The van der Waals surface area contributed by atoms with E-state index in [1.54, 1.807) is 36.9 Å². The van der Waals surface area contributed by atoms with Gasteiger partial charge in [-0.1, -0.05) is 12.1 Å². The maximum absolute atomic E-state index is 9.07. The van der Waals surface area contributed by atoms with E-state index in [1.165, 1.54) is 17.6 Å². The van der Waals surface area contributed by atoms with E-state index in [2.05, 4.69) is 20.4 Å².